The van der Waals surface area contributed by atoms with Crippen LogP contribution in [0.5, 0.6) is 5.75 Å². The number of phenols is 1. The number of aromatic amines is 1. The van der Waals surface area contributed by atoms with Gasteiger partial charge >= 0.3 is 0 Å². The van der Waals surface area contributed by atoms with E-state index in [1.54, 1.807) is 31.2 Å². The number of nitrogens with zero attached hydrogens (tertiary/aromatic N) is 2. The third-order valence-electron chi connectivity index (χ3n) is 8.01. The Bertz CT molecular complexity index is 1740. The van der Waals surface area contributed by atoms with E-state index < -0.39 is 34.8 Å². The molecule has 0 unspecified atom stereocenters. The molecule has 0 aliphatic carbocycles. The molecule has 0 aliphatic heterocycles. The van der Waals surface area contributed by atoms with Crippen LogP contribution in [0.4, 0.5) is 0 Å². The van der Waals surface area contributed by atoms with Crippen molar-refractivity contribution >= 4 is 34.6 Å². The number of guanidine groups is 1. The van der Waals surface area contributed by atoms with Crippen LogP contribution in [-0.2, 0) is 33.6 Å². The molecule has 3 atom stereocenters. The molecule has 0 aliphatic rings. The first kappa shape index (κ1) is 35.9. The van der Waals surface area contributed by atoms with E-state index in [0.29, 0.717) is 25.8 Å². The molecule has 1 aromatic heterocycles. The van der Waals surface area contributed by atoms with E-state index >= 15 is 0 Å². The molecule has 14 nitrogen and oxygen atoms in total. The van der Waals surface area contributed by atoms with Crippen molar-refractivity contribution in [3.63, 3.8) is 0 Å². The zero-order chi connectivity index (χ0) is 35.2. The molecule has 0 radical (unpaired) electrons. The summed E-state index contributed by atoms with van der Waals surface area (Å²) in [5.74, 6) is -2.02. The summed E-state index contributed by atoms with van der Waals surface area (Å²) < 4.78 is 0. The van der Waals surface area contributed by atoms with Crippen molar-refractivity contribution in [2.24, 2.45) is 16.8 Å². The number of carbonyl (C=O) groups is 3. The molecular formula is C35H42N8O6. The molecule has 3 aromatic carbocycles. The fourth-order valence-corrected chi connectivity index (χ4v) is 5.42. The number of phenolic OH excluding ortho intramolecular Hbond substituents is 1. The molecule has 0 spiro atoms. The number of nitrogens with one attached hydrogen (secondary N) is 5. The highest BCUT2D eigenvalue weighted by Crippen LogP contribution is 2.18. The maximum absolute atomic E-state index is 13.8. The summed E-state index contributed by atoms with van der Waals surface area (Å²) in [5.41, 5.74) is 9.21. The Morgan fingerprint density at radius 1 is 0.857 bits per heavy atom. The normalized spacial score (nSPS) is 13.2. The summed E-state index contributed by atoms with van der Waals surface area (Å²) in [7, 11) is 0. The third kappa shape index (κ3) is 11.4. The number of nitro groups is 1. The Balaban J connectivity index is 1.45. The topological polar surface area (TPSA) is 217 Å². The Morgan fingerprint density at radius 3 is 2.27 bits per heavy atom. The van der Waals surface area contributed by atoms with Crippen LogP contribution in [0.25, 0.3) is 10.9 Å². The Labute approximate surface area is 283 Å². The number of fused-ring (bicyclic) bond motifs is 1. The standard InChI is InChI=1S/C35H42N8O6/c1-23(20-25-13-15-27(44)16-14-25)32(45)41-31(21-24-8-3-2-4-9-24)34(47)40-30(12-7-18-38-35(36)42-43(48)49)33(46)37-19-17-26-22-39-29-11-6-5-10-28(26)29/h2-6,8-11,13-16,22-23,30-31,39,44H,7,12,17-21H2,1H3,(H,37,46)(H,40,47)(H,41,45)(H3,36,38,42)/t23-,30-,31+/m0/s1. The molecule has 0 bridgehead atoms. The maximum Gasteiger partial charge on any atom is 0.266 e. The van der Waals surface area contributed by atoms with Gasteiger partial charge in [0.25, 0.3) is 5.96 Å². The molecule has 1 heterocycles. The molecule has 3 amide bonds. The predicted octanol–water partition coefficient (Wildman–Crippen LogP) is 2.50. The van der Waals surface area contributed by atoms with Gasteiger partial charge in [0.05, 0.1) is 0 Å². The first-order valence-electron chi connectivity index (χ1n) is 16.1. The van der Waals surface area contributed by atoms with Crippen molar-refractivity contribution in [2.75, 3.05) is 13.1 Å². The number of hydrogen-bond donors (Lipinski definition) is 7. The van der Waals surface area contributed by atoms with Crippen LogP contribution in [0.1, 0.15) is 36.5 Å². The van der Waals surface area contributed by atoms with E-state index in [1.807, 2.05) is 60.8 Å². The number of nitrogens with two attached hydrogens (primary N) is 1. The summed E-state index contributed by atoms with van der Waals surface area (Å²) in [6.07, 6.45) is 3.52. The van der Waals surface area contributed by atoms with Crippen LogP contribution < -0.4 is 27.0 Å². The van der Waals surface area contributed by atoms with Gasteiger partial charge in [-0.15, -0.1) is 0 Å². The van der Waals surface area contributed by atoms with Gasteiger partial charge in [-0.2, -0.15) is 0 Å². The van der Waals surface area contributed by atoms with Gasteiger partial charge in [-0.1, -0.05) is 67.6 Å². The van der Waals surface area contributed by atoms with Gasteiger partial charge in [0, 0.05) is 42.5 Å². The number of hydrogen-bond acceptors (Lipinski definition) is 6. The second kappa shape index (κ2) is 17.8. The minimum absolute atomic E-state index is 0.126. The van der Waals surface area contributed by atoms with E-state index in [2.05, 4.69) is 31.4 Å². The Hall–Kier alpha value is -5.92. The number of rotatable bonds is 17. The van der Waals surface area contributed by atoms with Gasteiger partial charge in [0.2, 0.25) is 17.7 Å². The van der Waals surface area contributed by atoms with Crippen LogP contribution in [0.15, 0.2) is 90.2 Å². The minimum atomic E-state index is -0.986. The first-order chi connectivity index (χ1) is 23.6. The van der Waals surface area contributed by atoms with Crippen LogP contribution in [0.2, 0.25) is 0 Å². The third-order valence-corrected chi connectivity index (χ3v) is 8.01. The predicted molar refractivity (Wildman–Crippen MR) is 186 cm³/mol. The van der Waals surface area contributed by atoms with Crippen molar-refractivity contribution in [2.45, 2.75) is 51.1 Å². The van der Waals surface area contributed by atoms with Crippen molar-refractivity contribution < 1.29 is 24.5 Å². The summed E-state index contributed by atoms with van der Waals surface area (Å²) in [6, 6.07) is 21.7. The molecule has 0 fully saturated rings. The quantitative estimate of drug-likeness (QED) is 0.0290. The van der Waals surface area contributed by atoms with Gasteiger partial charge in [-0.3, -0.25) is 14.4 Å². The molecule has 14 heteroatoms. The summed E-state index contributed by atoms with van der Waals surface area (Å²) >= 11 is 0. The fourth-order valence-electron chi connectivity index (χ4n) is 5.42. The smallest absolute Gasteiger partial charge is 0.266 e. The summed E-state index contributed by atoms with van der Waals surface area (Å²) in [5, 5.41) is 34.6. The number of carbonyl (C=O) groups excluding carboxylic acids is 3. The highest BCUT2D eigenvalue weighted by atomic mass is 16.7. The van der Waals surface area contributed by atoms with Gasteiger partial charge in [-0.25, -0.2) is 10.1 Å². The monoisotopic (exact) mass is 670 g/mol. The minimum Gasteiger partial charge on any atom is -0.508 e. The number of para-hydroxylation sites is 1. The highest BCUT2D eigenvalue weighted by molar-refractivity contribution is 5.92. The molecule has 0 saturated carbocycles. The summed E-state index contributed by atoms with van der Waals surface area (Å²) in [6.45, 7) is 2.23. The molecule has 258 valence electrons. The largest absolute Gasteiger partial charge is 0.508 e. The molecular weight excluding hydrogens is 628 g/mol. The summed E-state index contributed by atoms with van der Waals surface area (Å²) in [4.78, 5) is 54.5. The van der Waals surface area contributed by atoms with Crippen molar-refractivity contribution in [3.05, 3.63) is 112 Å². The van der Waals surface area contributed by atoms with Gasteiger partial charge < -0.3 is 37.1 Å². The highest BCUT2D eigenvalue weighted by Gasteiger charge is 2.28. The van der Waals surface area contributed by atoms with Crippen molar-refractivity contribution in [1.29, 1.82) is 0 Å². The van der Waals surface area contributed by atoms with E-state index in [4.69, 9.17) is 5.73 Å². The number of amides is 3. The lowest BCUT2D eigenvalue weighted by Gasteiger charge is -2.24. The number of hydrazone groups is 1. The second-order valence-corrected chi connectivity index (χ2v) is 11.8. The SMILES string of the molecule is C[C@@H](Cc1ccc(O)cc1)C(=O)N[C@H](Cc1ccccc1)C(=O)N[C@@H](CCCN/C(N)=N/[N+](=O)[O-])C(=O)NCCc1c[nH]c2ccccc12. The lowest BCUT2D eigenvalue weighted by atomic mass is 9.98. The van der Waals surface area contributed by atoms with E-state index in [9.17, 15) is 29.6 Å². The van der Waals surface area contributed by atoms with Gasteiger partial charge in [-0.05, 0) is 60.6 Å². The van der Waals surface area contributed by atoms with E-state index in [-0.39, 0.29) is 37.0 Å². The zero-order valence-corrected chi connectivity index (χ0v) is 27.2. The van der Waals surface area contributed by atoms with Crippen molar-refractivity contribution in [3.8, 4) is 5.75 Å². The number of H-pyrrole nitrogens is 1. The van der Waals surface area contributed by atoms with Crippen LogP contribution in [0.3, 0.4) is 0 Å². The van der Waals surface area contributed by atoms with Crippen LogP contribution in [0, 0.1) is 16.0 Å². The van der Waals surface area contributed by atoms with Gasteiger partial charge in [0.1, 0.15) is 22.9 Å². The Kier molecular flexibility index (Phi) is 13.1. The number of aromatic nitrogens is 1. The number of aromatic hydroxyl groups is 1. The average Bonchev–Trinajstić information content (AvgIpc) is 3.49. The molecule has 0 saturated heterocycles. The lowest BCUT2D eigenvalue weighted by Crippen LogP contribution is -2.55. The molecule has 4 aromatic rings. The zero-order valence-electron chi connectivity index (χ0n) is 27.2. The lowest BCUT2D eigenvalue weighted by molar-refractivity contribution is -0.485. The average molecular weight is 671 g/mol. The first-order valence-corrected chi connectivity index (χ1v) is 16.1. The van der Waals surface area contributed by atoms with E-state index in [1.165, 1.54) is 0 Å². The maximum atomic E-state index is 13.8. The van der Waals surface area contributed by atoms with Crippen LogP contribution in [-0.4, -0.2) is 64.0 Å². The number of benzene rings is 3. The van der Waals surface area contributed by atoms with Crippen LogP contribution >= 0.6 is 0 Å². The fraction of sp³-hybridized carbons (Fsp3) is 0.314. The van der Waals surface area contributed by atoms with Crippen molar-refractivity contribution in [1.82, 2.24) is 26.3 Å². The Morgan fingerprint density at radius 2 is 1.53 bits per heavy atom. The second-order valence-electron chi connectivity index (χ2n) is 11.8. The van der Waals surface area contributed by atoms with Gasteiger partial charge in [0.15, 0.2) is 5.03 Å². The molecule has 8 N–H and O–H groups in total. The molecule has 4 rings (SSSR count). The molecule has 49 heavy (non-hydrogen) atoms. The van der Waals surface area contributed by atoms with E-state index in [0.717, 1.165) is 27.6 Å².